The molecule has 2 aromatic heterocycles. The summed E-state index contributed by atoms with van der Waals surface area (Å²) in [4.78, 5) is 4.75. The first kappa shape index (κ1) is 18.7. The van der Waals surface area contributed by atoms with Gasteiger partial charge in [0.25, 0.3) is 5.92 Å². The fraction of sp³-hybridized carbons (Fsp3) is 0.476. The molecule has 1 saturated carbocycles. The third-order valence-electron chi connectivity index (χ3n) is 6.08. The Labute approximate surface area is 172 Å². The summed E-state index contributed by atoms with van der Waals surface area (Å²) in [7, 11) is 1.82. The Morgan fingerprint density at radius 2 is 1.93 bits per heavy atom. The number of hydrogen-bond donors (Lipinski definition) is 0. The summed E-state index contributed by atoms with van der Waals surface area (Å²) < 4.78 is 31.9. The molecule has 5 rings (SSSR count). The molecule has 0 amide bonds. The van der Waals surface area contributed by atoms with Gasteiger partial charge in [0.15, 0.2) is 11.6 Å². The van der Waals surface area contributed by atoms with Crippen molar-refractivity contribution >= 4 is 11.6 Å². The van der Waals surface area contributed by atoms with E-state index in [0.29, 0.717) is 40.3 Å². The van der Waals surface area contributed by atoms with E-state index in [0.717, 1.165) is 30.6 Å². The van der Waals surface area contributed by atoms with Crippen LogP contribution in [0.2, 0.25) is 5.02 Å². The quantitative estimate of drug-likeness (QED) is 0.605. The van der Waals surface area contributed by atoms with Crippen molar-refractivity contribution in [1.82, 2.24) is 24.5 Å². The molecule has 29 heavy (non-hydrogen) atoms. The minimum Gasteiger partial charge on any atom is -0.272 e. The number of hydrogen-bond acceptors (Lipinski definition) is 3. The van der Waals surface area contributed by atoms with Gasteiger partial charge in [-0.1, -0.05) is 18.0 Å². The van der Waals surface area contributed by atoms with Crippen LogP contribution in [0.5, 0.6) is 0 Å². The van der Waals surface area contributed by atoms with E-state index in [9.17, 15) is 8.78 Å². The maximum absolute atomic E-state index is 14.2. The molecule has 8 heteroatoms. The van der Waals surface area contributed by atoms with Crippen molar-refractivity contribution in [3.63, 3.8) is 0 Å². The van der Waals surface area contributed by atoms with Gasteiger partial charge >= 0.3 is 0 Å². The van der Waals surface area contributed by atoms with Gasteiger partial charge < -0.3 is 0 Å². The van der Waals surface area contributed by atoms with Crippen LogP contribution in [0.15, 0.2) is 24.3 Å². The summed E-state index contributed by atoms with van der Waals surface area (Å²) >= 11 is 6.01. The number of alkyl halides is 2. The fourth-order valence-corrected chi connectivity index (χ4v) is 4.34. The second kappa shape index (κ2) is 6.90. The van der Waals surface area contributed by atoms with Gasteiger partial charge in [0.05, 0.1) is 0 Å². The van der Waals surface area contributed by atoms with Crippen LogP contribution in [0, 0.1) is 5.92 Å². The molecule has 0 unspecified atom stereocenters. The van der Waals surface area contributed by atoms with Crippen molar-refractivity contribution in [3.05, 3.63) is 40.5 Å². The van der Waals surface area contributed by atoms with E-state index in [2.05, 4.69) is 5.10 Å². The van der Waals surface area contributed by atoms with Crippen LogP contribution >= 0.6 is 11.6 Å². The number of fused-ring (bicyclic) bond motifs is 1. The normalized spacial score (nSPS) is 18.5. The van der Waals surface area contributed by atoms with Crippen LogP contribution in [-0.2, 0) is 26.4 Å². The molecule has 0 bridgehead atoms. The maximum Gasteiger partial charge on any atom is 0.252 e. The first-order valence-electron chi connectivity index (χ1n) is 10.0. The minimum absolute atomic E-state index is 0.135. The fourth-order valence-electron chi connectivity index (χ4n) is 4.21. The van der Waals surface area contributed by atoms with Gasteiger partial charge in [0.2, 0.25) is 0 Å². The first-order chi connectivity index (χ1) is 13.9. The number of benzene rings is 1. The van der Waals surface area contributed by atoms with Crippen molar-refractivity contribution in [1.29, 1.82) is 0 Å². The molecule has 0 N–H and O–H groups in total. The lowest BCUT2D eigenvalue weighted by molar-refractivity contribution is -0.0126. The zero-order chi connectivity index (χ0) is 20.2. The molecule has 1 aromatic carbocycles. The number of halogens is 3. The monoisotopic (exact) mass is 417 g/mol. The van der Waals surface area contributed by atoms with Crippen molar-refractivity contribution in [3.8, 4) is 22.9 Å². The van der Waals surface area contributed by atoms with Gasteiger partial charge in [0, 0.05) is 48.3 Å². The molecule has 0 radical (unpaired) electrons. The Kier molecular flexibility index (Phi) is 4.46. The van der Waals surface area contributed by atoms with E-state index >= 15 is 0 Å². The lowest BCUT2D eigenvalue weighted by Crippen LogP contribution is -2.26. The molecular weight excluding hydrogens is 396 g/mol. The smallest absolute Gasteiger partial charge is 0.252 e. The molecule has 2 heterocycles. The minimum atomic E-state index is -2.71. The van der Waals surface area contributed by atoms with E-state index in [1.807, 2.05) is 23.9 Å². The van der Waals surface area contributed by atoms with E-state index < -0.39 is 5.92 Å². The van der Waals surface area contributed by atoms with E-state index in [-0.39, 0.29) is 12.8 Å². The third kappa shape index (κ3) is 3.45. The Morgan fingerprint density at radius 3 is 2.62 bits per heavy atom. The highest BCUT2D eigenvalue weighted by Gasteiger charge is 2.39. The highest BCUT2D eigenvalue weighted by atomic mass is 35.5. The molecule has 2 aliphatic rings. The molecule has 0 aliphatic heterocycles. The Balaban J connectivity index is 1.61. The maximum atomic E-state index is 14.2. The van der Waals surface area contributed by atoms with Crippen LogP contribution in [0.3, 0.4) is 0 Å². The molecule has 0 saturated heterocycles. The molecule has 1 fully saturated rings. The second-order valence-electron chi connectivity index (χ2n) is 8.18. The number of aromatic nitrogens is 5. The molecule has 0 atom stereocenters. The Hall–Kier alpha value is -2.28. The third-order valence-corrected chi connectivity index (χ3v) is 6.33. The highest BCUT2D eigenvalue weighted by molar-refractivity contribution is 6.30. The standard InChI is InChI=1S/C21H22ClF2N5/c1-28-17-9-10-21(23,24)11-16(17)18(26-28)20-25-19(14-5-7-15(22)8-6-14)27-29(20)12-13-3-2-4-13/h5-8,13H,2-4,9-12H2,1H3. The number of nitrogens with zero attached hydrogens (tertiary/aromatic N) is 5. The highest BCUT2D eigenvalue weighted by Crippen LogP contribution is 2.38. The van der Waals surface area contributed by atoms with Gasteiger partial charge in [-0.15, -0.1) is 0 Å². The largest absolute Gasteiger partial charge is 0.272 e. The Morgan fingerprint density at radius 1 is 1.17 bits per heavy atom. The van der Waals surface area contributed by atoms with Gasteiger partial charge in [-0.05, 0) is 49.4 Å². The molecule has 3 aromatic rings. The lowest BCUT2D eigenvalue weighted by atomic mass is 9.85. The SMILES string of the molecule is Cn1nc(-c2nc(-c3ccc(Cl)cc3)nn2CC2CCC2)c2c1CCC(F)(F)C2. The average molecular weight is 418 g/mol. The first-order valence-corrected chi connectivity index (χ1v) is 10.4. The van der Waals surface area contributed by atoms with Gasteiger partial charge in [-0.3, -0.25) is 4.68 Å². The zero-order valence-electron chi connectivity index (χ0n) is 16.2. The summed E-state index contributed by atoms with van der Waals surface area (Å²) in [5.74, 6) is -1.01. The van der Waals surface area contributed by atoms with Crippen molar-refractivity contribution in [2.45, 2.75) is 51.0 Å². The zero-order valence-corrected chi connectivity index (χ0v) is 17.0. The number of rotatable bonds is 4. The summed E-state index contributed by atoms with van der Waals surface area (Å²) in [6, 6.07) is 7.34. The van der Waals surface area contributed by atoms with Crippen LogP contribution in [0.25, 0.3) is 22.9 Å². The summed E-state index contributed by atoms with van der Waals surface area (Å²) in [5.41, 5.74) is 2.86. The van der Waals surface area contributed by atoms with Crippen LogP contribution in [0.4, 0.5) is 8.78 Å². The van der Waals surface area contributed by atoms with Crippen molar-refractivity contribution in [2.24, 2.45) is 13.0 Å². The predicted molar refractivity (Wildman–Crippen MR) is 107 cm³/mol. The van der Waals surface area contributed by atoms with Crippen LogP contribution < -0.4 is 0 Å². The summed E-state index contributed by atoms with van der Waals surface area (Å²) in [6.45, 7) is 0.734. The molecule has 0 spiro atoms. The lowest BCUT2D eigenvalue weighted by Gasteiger charge is -2.25. The summed E-state index contributed by atoms with van der Waals surface area (Å²) in [5, 5.41) is 9.97. The van der Waals surface area contributed by atoms with Crippen LogP contribution in [0.1, 0.15) is 36.9 Å². The van der Waals surface area contributed by atoms with Gasteiger partial charge in [0.1, 0.15) is 5.69 Å². The van der Waals surface area contributed by atoms with E-state index in [1.54, 1.807) is 16.8 Å². The van der Waals surface area contributed by atoms with Crippen LogP contribution in [-0.4, -0.2) is 30.5 Å². The predicted octanol–water partition coefficient (Wildman–Crippen LogP) is 4.92. The van der Waals surface area contributed by atoms with E-state index in [1.165, 1.54) is 6.42 Å². The average Bonchev–Trinajstić information content (AvgIpc) is 3.19. The molecule has 2 aliphatic carbocycles. The number of aryl methyl sites for hydroxylation is 1. The Bertz CT molecular complexity index is 1050. The molecule has 5 nitrogen and oxygen atoms in total. The molecule has 152 valence electrons. The van der Waals surface area contributed by atoms with Crippen molar-refractivity contribution < 1.29 is 8.78 Å². The van der Waals surface area contributed by atoms with E-state index in [4.69, 9.17) is 21.7 Å². The topological polar surface area (TPSA) is 48.5 Å². The van der Waals surface area contributed by atoms with Crippen molar-refractivity contribution in [2.75, 3.05) is 0 Å². The molecular formula is C21H22ClF2N5. The van der Waals surface area contributed by atoms with Gasteiger partial charge in [-0.25, -0.2) is 18.4 Å². The second-order valence-corrected chi connectivity index (χ2v) is 8.61. The van der Waals surface area contributed by atoms with Gasteiger partial charge in [-0.2, -0.15) is 10.2 Å². The summed E-state index contributed by atoms with van der Waals surface area (Å²) in [6.07, 6.45) is 3.44.